The molecule has 1 saturated heterocycles. The summed E-state index contributed by atoms with van der Waals surface area (Å²) in [5, 5.41) is 10.7. The molecule has 1 aromatic rings. The number of aryl methyl sites for hydroxylation is 1. The molecule has 2 unspecified atom stereocenters. The Morgan fingerprint density at radius 2 is 2.47 bits per heavy atom. The van der Waals surface area contributed by atoms with Crippen molar-refractivity contribution in [3.63, 3.8) is 0 Å². The van der Waals surface area contributed by atoms with E-state index in [1.807, 2.05) is 25.0 Å². The minimum absolute atomic E-state index is 0. The van der Waals surface area contributed by atoms with Gasteiger partial charge in [0.25, 0.3) is 0 Å². The van der Waals surface area contributed by atoms with Crippen molar-refractivity contribution in [3.05, 3.63) is 18.0 Å². The molecule has 0 spiro atoms. The van der Waals surface area contributed by atoms with Gasteiger partial charge in [-0.25, -0.2) is 0 Å². The van der Waals surface area contributed by atoms with Crippen LogP contribution in [0.3, 0.4) is 0 Å². The van der Waals surface area contributed by atoms with Crippen LogP contribution in [-0.2, 0) is 11.8 Å². The summed E-state index contributed by atoms with van der Waals surface area (Å²) in [4.78, 5) is 12.1. The summed E-state index contributed by atoms with van der Waals surface area (Å²) in [7, 11) is 3.64. The number of aromatic nitrogens is 2. The number of rotatable bonds is 5. The Morgan fingerprint density at radius 3 is 3.00 bits per heavy atom. The number of halogens is 1. The second kappa shape index (κ2) is 7.77. The third-order valence-corrected chi connectivity index (χ3v) is 4.54. The Hall–Kier alpha value is -0.720. The topological polar surface area (TPSA) is 59.0 Å². The average Bonchev–Trinajstić information content (AvgIpc) is 2.99. The fourth-order valence-electron chi connectivity index (χ4n) is 2.16. The van der Waals surface area contributed by atoms with Crippen LogP contribution in [0.1, 0.15) is 24.4 Å². The number of nitrogens with one attached hydrogen (secondary N) is 2. The second-order valence-electron chi connectivity index (χ2n) is 4.55. The molecule has 0 radical (unpaired) electrons. The Labute approximate surface area is 124 Å². The van der Waals surface area contributed by atoms with Crippen molar-refractivity contribution in [2.75, 3.05) is 19.3 Å². The lowest BCUT2D eigenvalue weighted by molar-refractivity contribution is -0.123. The van der Waals surface area contributed by atoms with Gasteiger partial charge in [0.2, 0.25) is 5.91 Å². The molecule has 2 heterocycles. The lowest BCUT2D eigenvalue weighted by Gasteiger charge is -2.16. The number of likely N-dealkylation sites (N-methyl/N-ethyl adjacent to an activating group) is 1. The first kappa shape index (κ1) is 16.3. The molecule has 1 aliphatic rings. The zero-order valence-electron chi connectivity index (χ0n) is 11.3. The predicted octanol–water partition coefficient (Wildman–Crippen LogP) is 1.11. The third kappa shape index (κ3) is 4.40. The van der Waals surface area contributed by atoms with Gasteiger partial charge in [0.15, 0.2) is 0 Å². The second-order valence-corrected chi connectivity index (χ2v) is 5.96. The maximum Gasteiger partial charge on any atom is 0.241 e. The van der Waals surface area contributed by atoms with E-state index in [4.69, 9.17) is 0 Å². The molecule has 0 saturated carbocycles. The van der Waals surface area contributed by atoms with Gasteiger partial charge in [-0.3, -0.25) is 9.48 Å². The highest BCUT2D eigenvalue weighted by atomic mass is 35.5. The molecular formula is C12H21ClN4OS. The molecule has 108 valence electrons. The number of carbonyl (C=O) groups excluding carboxylic acids is 1. The van der Waals surface area contributed by atoms with Crippen LogP contribution in [-0.4, -0.2) is 40.3 Å². The molecule has 1 aliphatic heterocycles. The van der Waals surface area contributed by atoms with Gasteiger partial charge in [0, 0.05) is 30.6 Å². The van der Waals surface area contributed by atoms with Crippen LogP contribution in [0.15, 0.2) is 12.4 Å². The molecule has 1 amide bonds. The van der Waals surface area contributed by atoms with Crippen molar-refractivity contribution in [2.24, 2.45) is 7.05 Å². The van der Waals surface area contributed by atoms with Crippen LogP contribution in [0.2, 0.25) is 0 Å². The van der Waals surface area contributed by atoms with E-state index >= 15 is 0 Å². The molecule has 2 atom stereocenters. The molecule has 19 heavy (non-hydrogen) atoms. The van der Waals surface area contributed by atoms with Gasteiger partial charge in [-0.1, -0.05) is 0 Å². The van der Waals surface area contributed by atoms with E-state index < -0.39 is 0 Å². The number of nitrogens with zero attached hydrogens (tertiary/aromatic N) is 2. The standard InChI is InChI=1S/C12H20N4OS.ClH/c1-13-11(9-6-15-16(2)8-9)12(17)14-7-10-4-3-5-18-10;/h6,8,10-11,13H,3-5,7H2,1-2H3,(H,14,17);1H. The molecule has 2 rings (SSSR count). The minimum atomic E-state index is -0.315. The minimum Gasteiger partial charge on any atom is -0.353 e. The molecule has 1 aromatic heterocycles. The van der Waals surface area contributed by atoms with Gasteiger partial charge >= 0.3 is 0 Å². The first-order chi connectivity index (χ1) is 8.70. The van der Waals surface area contributed by atoms with Crippen LogP contribution in [0.4, 0.5) is 0 Å². The largest absolute Gasteiger partial charge is 0.353 e. The van der Waals surface area contributed by atoms with Gasteiger partial charge in [0.1, 0.15) is 6.04 Å². The van der Waals surface area contributed by atoms with Gasteiger partial charge in [-0.15, -0.1) is 12.4 Å². The summed E-state index contributed by atoms with van der Waals surface area (Å²) in [6.07, 6.45) is 6.07. The summed E-state index contributed by atoms with van der Waals surface area (Å²) >= 11 is 1.95. The van der Waals surface area contributed by atoms with E-state index in [9.17, 15) is 4.79 Å². The highest BCUT2D eigenvalue weighted by molar-refractivity contribution is 8.00. The van der Waals surface area contributed by atoms with Crippen molar-refractivity contribution >= 4 is 30.1 Å². The Balaban J connectivity index is 0.00000180. The highest BCUT2D eigenvalue weighted by Gasteiger charge is 2.22. The number of amides is 1. The van der Waals surface area contributed by atoms with E-state index in [0.717, 1.165) is 12.1 Å². The quantitative estimate of drug-likeness (QED) is 0.856. The molecular weight excluding hydrogens is 284 g/mol. The van der Waals surface area contributed by atoms with Crippen LogP contribution >= 0.6 is 24.2 Å². The first-order valence-corrected chi connectivity index (χ1v) is 7.30. The molecule has 7 heteroatoms. The van der Waals surface area contributed by atoms with E-state index in [1.54, 1.807) is 17.9 Å². The van der Waals surface area contributed by atoms with Gasteiger partial charge in [-0.2, -0.15) is 16.9 Å². The first-order valence-electron chi connectivity index (χ1n) is 6.26. The summed E-state index contributed by atoms with van der Waals surface area (Å²) in [6.45, 7) is 0.766. The average molecular weight is 305 g/mol. The Kier molecular flexibility index (Phi) is 6.68. The SMILES string of the molecule is CNC(C(=O)NCC1CCCS1)c1cnn(C)c1.Cl. The van der Waals surface area contributed by atoms with Crippen LogP contribution in [0, 0.1) is 0 Å². The van der Waals surface area contributed by atoms with E-state index in [1.165, 1.54) is 18.6 Å². The summed E-state index contributed by atoms with van der Waals surface area (Å²) in [6, 6.07) is -0.315. The number of hydrogen-bond acceptors (Lipinski definition) is 4. The third-order valence-electron chi connectivity index (χ3n) is 3.14. The molecule has 0 aliphatic carbocycles. The van der Waals surface area contributed by atoms with Gasteiger partial charge < -0.3 is 10.6 Å². The lowest BCUT2D eigenvalue weighted by atomic mass is 10.1. The smallest absolute Gasteiger partial charge is 0.241 e. The highest BCUT2D eigenvalue weighted by Crippen LogP contribution is 2.25. The molecule has 0 aromatic carbocycles. The molecule has 0 bridgehead atoms. The van der Waals surface area contributed by atoms with Crippen LogP contribution in [0.25, 0.3) is 0 Å². The van der Waals surface area contributed by atoms with Crippen molar-refractivity contribution in [2.45, 2.75) is 24.1 Å². The van der Waals surface area contributed by atoms with Crippen LogP contribution < -0.4 is 10.6 Å². The Morgan fingerprint density at radius 1 is 1.68 bits per heavy atom. The van der Waals surface area contributed by atoms with Crippen LogP contribution in [0.5, 0.6) is 0 Å². The fourth-order valence-corrected chi connectivity index (χ4v) is 3.36. The zero-order valence-corrected chi connectivity index (χ0v) is 12.9. The predicted molar refractivity (Wildman–Crippen MR) is 80.7 cm³/mol. The zero-order chi connectivity index (χ0) is 13.0. The van der Waals surface area contributed by atoms with E-state index in [-0.39, 0.29) is 24.4 Å². The molecule has 1 fully saturated rings. The van der Waals surface area contributed by atoms with Crippen molar-refractivity contribution in [3.8, 4) is 0 Å². The maximum absolute atomic E-state index is 12.1. The lowest BCUT2D eigenvalue weighted by Crippen LogP contribution is -2.38. The van der Waals surface area contributed by atoms with E-state index in [2.05, 4.69) is 15.7 Å². The van der Waals surface area contributed by atoms with Gasteiger partial charge in [-0.05, 0) is 25.6 Å². The van der Waals surface area contributed by atoms with E-state index in [0.29, 0.717) is 5.25 Å². The summed E-state index contributed by atoms with van der Waals surface area (Å²) < 4.78 is 1.71. The number of thioether (sulfide) groups is 1. The monoisotopic (exact) mass is 304 g/mol. The van der Waals surface area contributed by atoms with Crippen molar-refractivity contribution in [1.82, 2.24) is 20.4 Å². The number of hydrogen-bond donors (Lipinski definition) is 2. The fraction of sp³-hybridized carbons (Fsp3) is 0.667. The van der Waals surface area contributed by atoms with Gasteiger partial charge in [0.05, 0.1) is 6.20 Å². The Bertz CT molecular complexity index is 406. The maximum atomic E-state index is 12.1. The van der Waals surface area contributed by atoms with Crippen molar-refractivity contribution in [1.29, 1.82) is 0 Å². The van der Waals surface area contributed by atoms with Crippen molar-refractivity contribution < 1.29 is 4.79 Å². The molecule has 2 N–H and O–H groups in total. The summed E-state index contributed by atoms with van der Waals surface area (Å²) in [5.41, 5.74) is 0.900. The number of carbonyl (C=O) groups is 1. The summed E-state index contributed by atoms with van der Waals surface area (Å²) in [5.74, 6) is 1.25. The normalized spacial score (nSPS) is 19.8. The molecule has 5 nitrogen and oxygen atoms in total.